The Labute approximate surface area is 194 Å². The van der Waals surface area contributed by atoms with E-state index in [0.717, 1.165) is 34.6 Å². The van der Waals surface area contributed by atoms with Gasteiger partial charge in [0.2, 0.25) is 0 Å². The van der Waals surface area contributed by atoms with Crippen LogP contribution in [0, 0.1) is 19.8 Å². The Balaban J connectivity index is 1.78. The van der Waals surface area contributed by atoms with Crippen LogP contribution in [-0.2, 0) is 0 Å². The zero-order chi connectivity index (χ0) is 22.0. The summed E-state index contributed by atoms with van der Waals surface area (Å²) in [7, 11) is 0. The van der Waals surface area contributed by atoms with Crippen molar-refractivity contribution < 1.29 is 4.79 Å². The number of hydrogen-bond acceptors (Lipinski definition) is 3. The highest BCUT2D eigenvalue weighted by molar-refractivity contribution is 7.16. The van der Waals surface area contributed by atoms with Crippen molar-refractivity contribution >= 4 is 33.8 Å². The molecule has 162 valence electrons. The lowest BCUT2D eigenvalue weighted by Crippen LogP contribution is -2.37. The molecule has 0 radical (unpaired) electrons. The molecule has 1 aromatic heterocycles. The van der Waals surface area contributed by atoms with Crippen LogP contribution in [0.4, 0.5) is 5.00 Å². The van der Waals surface area contributed by atoms with Gasteiger partial charge in [0.1, 0.15) is 5.00 Å². The second-order valence-corrected chi connectivity index (χ2v) is 10.1. The first-order chi connectivity index (χ1) is 15.0. The Bertz CT molecular complexity index is 1050. The van der Waals surface area contributed by atoms with E-state index in [2.05, 4.69) is 43.1 Å². The fraction of sp³-hybridized carbons (Fsp3) is 0.346. The van der Waals surface area contributed by atoms with Gasteiger partial charge < -0.3 is 5.32 Å². The van der Waals surface area contributed by atoms with Gasteiger partial charge in [0.05, 0.1) is 6.04 Å². The molecule has 0 aliphatic carbocycles. The molecule has 1 fully saturated rings. The van der Waals surface area contributed by atoms with Gasteiger partial charge in [-0.3, -0.25) is 9.69 Å². The van der Waals surface area contributed by atoms with Gasteiger partial charge in [-0.2, -0.15) is 0 Å². The van der Waals surface area contributed by atoms with E-state index >= 15 is 0 Å². The van der Waals surface area contributed by atoms with E-state index in [9.17, 15) is 4.79 Å². The topological polar surface area (TPSA) is 32.3 Å². The summed E-state index contributed by atoms with van der Waals surface area (Å²) in [4.78, 5) is 16.7. The quantitative estimate of drug-likeness (QED) is 0.448. The zero-order valence-corrected chi connectivity index (χ0v) is 19.9. The summed E-state index contributed by atoms with van der Waals surface area (Å²) in [6, 6.07) is 17.5. The smallest absolute Gasteiger partial charge is 0.256 e. The highest BCUT2D eigenvalue weighted by Crippen LogP contribution is 2.44. The SMILES string of the molecule is Cc1sc(NC(=O)c2ccccc2)c([C@@H](c2ccccc2Cl)N2CCC(C)CC2)c1C. The number of piperidine rings is 1. The third kappa shape index (κ3) is 4.72. The molecule has 0 spiro atoms. The molecule has 1 amide bonds. The number of rotatable bonds is 5. The average molecular weight is 453 g/mol. The Hall–Kier alpha value is -2.14. The normalized spacial score (nSPS) is 16.3. The molecule has 3 aromatic rings. The summed E-state index contributed by atoms with van der Waals surface area (Å²) in [6.07, 6.45) is 2.35. The third-order valence-electron chi connectivity index (χ3n) is 6.35. The molecule has 4 rings (SSSR count). The Kier molecular flexibility index (Phi) is 6.80. The number of aryl methyl sites for hydroxylation is 1. The maximum absolute atomic E-state index is 13.0. The first-order valence-corrected chi connectivity index (χ1v) is 12.1. The average Bonchev–Trinajstić information content (AvgIpc) is 3.05. The van der Waals surface area contributed by atoms with Gasteiger partial charge >= 0.3 is 0 Å². The summed E-state index contributed by atoms with van der Waals surface area (Å²) < 4.78 is 0. The number of likely N-dealkylation sites (tertiary alicyclic amines) is 1. The van der Waals surface area contributed by atoms with Crippen molar-refractivity contribution in [3.8, 4) is 0 Å². The fourth-order valence-electron chi connectivity index (χ4n) is 4.35. The molecule has 1 saturated heterocycles. The lowest BCUT2D eigenvalue weighted by Gasteiger charge is -2.38. The Morgan fingerprint density at radius 1 is 1.06 bits per heavy atom. The Morgan fingerprint density at radius 3 is 2.39 bits per heavy atom. The van der Waals surface area contributed by atoms with Crippen LogP contribution in [0.2, 0.25) is 5.02 Å². The standard InChI is InChI=1S/C26H29ClN2OS/c1-17-13-15-29(16-14-17)24(21-11-7-8-12-22(21)27)23-18(2)19(3)31-26(23)28-25(30)20-9-5-4-6-10-20/h4-12,17,24H,13-16H2,1-3H3,(H,28,30)/t24-/m1/s1. The number of carbonyl (C=O) groups is 1. The maximum Gasteiger partial charge on any atom is 0.256 e. The van der Waals surface area contributed by atoms with Crippen molar-refractivity contribution in [1.29, 1.82) is 0 Å². The van der Waals surface area contributed by atoms with Crippen molar-refractivity contribution in [3.63, 3.8) is 0 Å². The van der Waals surface area contributed by atoms with Crippen LogP contribution in [0.3, 0.4) is 0 Å². The van der Waals surface area contributed by atoms with Crippen molar-refractivity contribution in [3.05, 3.63) is 86.8 Å². The molecule has 31 heavy (non-hydrogen) atoms. The van der Waals surface area contributed by atoms with E-state index < -0.39 is 0 Å². The zero-order valence-electron chi connectivity index (χ0n) is 18.3. The number of nitrogens with zero attached hydrogens (tertiary/aromatic N) is 1. The first kappa shape index (κ1) is 22.1. The van der Waals surface area contributed by atoms with Gasteiger partial charge in [0, 0.05) is 21.0 Å². The minimum absolute atomic E-state index is 0.0252. The van der Waals surface area contributed by atoms with E-state index in [4.69, 9.17) is 11.6 Å². The van der Waals surface area contributed by atoms with Gasteiger partial charge in [-0.05, 0) is 75.0 Å². The van der Waals surface area contributed by atoms with Gasteiger partial charge in [-0.1, -0.05) is 54.9 Å². The minimum atomic E-state index is -0.0757. The molecule has 2 aromatic carbocycles. The first-order valence-electron chi connectivity index (χ1n) is 10.9. The molecule has 0 unspecified atom stereocenters. The van der Waals surface area contributed by atoms with Crippen LogP contribution in [-0.4, -0.2) is 23.9 Å². The van der Waals surface area contributed by atoms with Crippen molar-refractivity contribution in [2.75, 3.05) is 18.4 Å². The number of anilines is 1. The molecule has 0 bridgehead atoms. The minimum Gasteiger partial charge on any atom is -0.313 e. The summed E-state index contributed by atoms with van der Waals surface area (Å²) >= 11 is 8.37. The molecule has 1 aliphatic rings. The Morgan fingerprint density at radius 2 is 1.71 bits per heavy atom. The number of hydrogen-bond donors (Lipinski definition) is 1. The van der Waals surface area contributed by atoms with Crippen LogP contribution >= 0.6 is 22.9 Å². The largest absolute Gasteiger partial charge is 0.313 e. The predicted octanol–water partition coefficient (Wildman–Crippen LogP) is 7.09. The monoisotopic (exact) mass is 452 g/mol. The van der Waals surface area contributed by atoms with Crippen LogP contribution in [0.15, 0.2) is 54.6 Å². The lowest BCUT2D eigenvalue weighted by molar-refractivity contribution is 0.102. The molecular formula is C26H29ClN2OS. The van der Waals surface area contributed by atoms with Crippen LogP contribution in [0.1, 0.15) is 57.7 Å². The summed E-state index contributed by atoms with van der Waals surface area (Å²) in [5, 5.41) is 4.91. The number of benzene rings is 2. The molecule has 1 atom stereocenters. The van der Waals surface area contributed by atoms with Crippen LogP contribution < -0.4 is 5.32 Å². The molecule has 3 nitrogen and oxygen atoms in total. The number of thiophene rings is 1. The maximum atomic E-state index is 13.0. The molecule has 0 saturated carbocycles. The van der Waals surface area contributed by atoms with Crippen molar-refractivity contribution in [2.24, 2.45) is 5.92 Å². The van der Waals surface area contributed by atoms with Crippen LogP contribution in [0.25, 0.3) is 0 Å². The second kappa shape index (κ2) is 9.56. The predicted molar refractivity (Wildman–Crippen MR) is 131 cm³/mol. The van der Waals surface area contributed by atoms with Gasteiger partial charge in [0.15, 0.2) is 0 Å². The third-order valence-corrected chi connectivity index (χ3v) is 7.83. The second-order valence-electron chi connectivity index (χ2n) is 8.49. The van der Waals surface area contributed by atoms with E-state index in [1.54, 1.807) is 11.3 Å². The number of amides is 1. The molecule has 2 heterocycles. The molecule has 1 N–H and O–H groups in total. The van der Waals surface area contributed by atoms with E-state index in [0.29, 0.717) is 5.56 Å². The summed E-state index contributed by atoms with van der Waals surface area (Å²) in [5.74, 6) is 0.666. The number of carbonyl (C=O) groups excluding carboxylic acids is 1. The highest BCUT2D eigenvalue weighted by Gasteiger charge is 2.32. The van der Waals surface area contributed by atoms with Gasteiger partial charge in [-0.25, -0.2) is 0 Å². The van der Waals surface area contributed by atoms with Crippen molar-refractivity contribution in [2.45, 2.75) is 39.7 Å². The lowest BCUT2D eigenvalue weighted by atomic mass is 9.91. The highest BCUT2D eigenvalue weighted by atomic mass is 35.5. The van der Waals surface area contributed by atoms with Crippen LogP contribution in [0.5, 0.6) is 0 Å². The van der Waals surface area contributed by atoms with Gasteiger partial charge in [0.25, 0.3) is 5.91 Å². The number of nitrogens with one attached hydrogen (secondary N) is 1. The fourth-order valence-corrected chi connectivity index (χ4v) is 5.68. The van der Waals surface area contributed by atoms with Crippen molar-refractivity contribution in [1.82, 2.24) is 4.90 Å². The van der Waals surface area contributed by atoms with E-state index in [1.165, 1.54) is 28.8 Å². The van der Waals surface area contributed by atoms with E-state index in [-0.39, 0.29) is 11.9 Å². The number of halogens is 1. The summed E-state index contributed by atoms with van der Waals surface area (Å²) in [6.45, 7) is 8.67. The summed E-state index contributed by atoms with van der Waals surface area (Å²) in [5.41, 5.74) is 4.18. The van der Waals surface area contributed by atoms with E-state index in [1.807, 2.05) is 42.5 Å². The molecular weight excluding hydrogens is 424 g/mol. The van der Waals surface area contributed by atoms with Gasteiger partial charge in [-0.15, -0.1) is 11.3 Å². The molecule has 1 aliphatic heterocycles. The molecule has 5 heteroatoms.